The first-order valence-corrected chi connectivity index (χ1v) is 10.6. The predicted molar refractivity (Wildman–Crippen MR) is 124 cm³/mol. The highest BCUT2D eigenvalue weighted by atomic mass is 35.5. The molecule has 0 atom stereocenters. The average Bonchev–Trinajstić information content (AvgIpc) is 3.39. The Balaban J connectivity index is 1.37. The van der Waals surface area contributed by atoms with Crippen molar-refractivity contribution >= 4 is 45.4 Å². The molecule has 0 aliphatic rings. The van der Waals surface area contributed by atoms with Crippen molar-refractivity contribution in [2.75, 3.05) is 5.73 Å². The quantitative estimate of drug-likeness (QED) is 0.356. The fourth-order valence-electron chi connectivity index (χ4n) is 3.83. The predicted octanol–water partition coefficient (Wildman–Crippen LogP) is 3.59. The summed E-state index contributed by atoms with van der Waals surface area (Å²) in [5.74, 6) is -0.334. The normalized spacial score (nSPS) is 11.3. The van der Waals surface area contributed by atoms with E-state index in [9.17, 15) is 9.18 Å². The number of H-pyrrole nitrogens is 1. The average molecular weight is 464 g/mol. The van der Waals surface area contributed by atoms with Crippen LogP contribution >= 0.6 is 11.6 Å². The molecule has 2 aromatic carbocycles. The van der Waals surface area contributed by atoms with Crippen molar-refractivity contribution in [3.63, 3.8) is 0 Å². The van der Waals surface area contributed by atoms with Crippen LogP contribution in [0.3, 0.4) is 0 Å². The third-order valence-corrected chi connectivity index (χ3v) is 5.60. The first kappa shape index (κ1) is 20.9. The van der Waals surface area contributed by atoms with Crippen molar-refractivity contribution in [3.8, 4) is 0 Å². The summed E-state index contributed by atoms with van der Waals surface area (Å²) < 4.78 is 15.7. The largest absolute Gasteiger partial charge is 0.382 e. The van der Waals surface area contributed by atoms with E-state index in [0.29, 0.717) is 34.1 Å². The second-order valence-electron chi connectivity index (χ2n) is 7.67. The second-order valence-corrected chi connectivity index (χ2v) is 8.11. The van der Waals surface area contributed by atoms with E-state index in [2.05, 4.69) is 25.3 Å². The minimum Gasteiger partial charge on any atom is -0.382 e. The minimum absolute atomic E-state index is 0.0251. The molecule has 0 fully saturated rings. The molecule has 0 saturated heterocycles. The molecule has 4 N–H and O–H groups in total. The summed E-state index contributed by atoms with van der Waals surface area (Å²) in [7, 11) is 0. The number of rotatable bonds is 6. The molecule has 0 unspecified atom stereocenters. The molecule has 0 bridgehead atoms. The highest BCUT2D eigenvalue weighted by Gasteiger charge is 2.13. The summed E-state index contributed by atoms with van der Waals surface area (Å²) in [6.45, 7) is 0.737. The Kier molecular flexibility index (Phi) is 5.39. The summed E-state index contributed by atoms with van der Waals surface area (Å²) >= 11 is 6.36. The number of fused-ring (bicyclic) bond motifs is 2. The lowest BCUT2D eigenvalue weighted by Gasteiger charge is -2.07. The topological polar surface area (TPSA) is 115 Å². The van der Waals surface area contributed by atoms with E-state index in [0.717, 1.165) is 22.2 Å². The van der Waals surface area contributed by atoms with Gasteiger partial charge in [0.15, 0.2) is 11.5 Å². The maximum absolute atomic E-state index is 13.8. The van der Waals surface area contributed by atoms with Gasteiger partial charge in [-0.15, -0.1) is 0 Å². The van der Waals surface area contributed by atoms with E-state index >= 15 is 0 Å². The molecular formula is C23H19ClFN7O. The zero-order valence-corrected chi connectivity index (χ0v) is 18.1. The van der Waals surface area contributed by atoms with Crippen molar-refractivity contribution in [1.29, 1.82) is 0 Å². The van der Waals surface area contributed by atoms with Gasteiger partial charge in [0, 0.05) is 16.1 Å². The monoisotopic (exact) mass is 463 g/mol. The number of carbonyl (C=O) groups excluding carboxylic acids is 1. The van der Waals surface area contributed by atoms with E-state index < -0.39 is 5.82 Å². The highest BCUT2D eigenvalue weighted by Crippen LogP contribution is 2.26. The standard InChI is InChI=1S/C23H19ClFN7O/c24-16-5-14-7-17(9-27-19(33)8-13-3-1-2-4-18(13)25)31-20(14)15(6-16)10-32-12-30-21-22(26)28-11-29-23(21)32/h1-7,11-12,31H,8-10H2,(H,27,33)(H2,26,28,29). The molecular weight excluding hydrogens is 445 g/mol. The summed E-state index contributed by atoms with van der Waals surface area (Å²) in [5.41, 5.74) is 10.0. The van der Waals surface area contributed by atoms with Crippen LogP contribution in [0.5, 0.6) is 0 Å². The van der Waals surface area contributed by atoms with Crippen LogP contribution in [0.25, 0.3) is 22.1 Å². The van der Waals surface area contributed by atoms with E-state index in [1.54, 1.807) is 24.5 Å². The van der Waals surface area contributed by atoms with Crippen molar-refractivity contribution in [1.82, 2.24) is 29.8 Å². The first-order chi connectivity index (χ1) is 16.0. The van der Waals surface area contributed by atoms with E-state index in [-0.39, 0.29) is 18.9 Å². The van der Waals surface area contributed by atoms with Crippen LogP contribution in [0.1, 0.15) is 16.8 Å². The number of hydrogen-bond donors (Lipinski definition) is 3. The van der Waals surface area contributed by atoms with Gasteiger partial charge in [-0.3, -0.25) is 4.79 Å². The van der Waals surface area contributed by atoms with Gasteiger partial charge in [0.2, 0.25) is 5.91 Å². The van der Waals surface area contributed by atoms with Gasteiger partial charge in [0.25, 0.3) is 0 Å². The van der Waals surface area contributed by atoms with Gasteiger partial charge < -0.3 is 20.6 Å². The van der Waals surface area contributed by atoms with Gasteiger partial charge in [-0.2, -0.15) is 0 Å². The highest BCUT2D eigenvalue weighted by molar-refractivity contribution is 6.31. The Morgan fingerprint density at radius 3 is 2.85 bits per heavy atom. The molecule has 33 heavy (non-hydrogen) atoms. The number of nitrogens with zero attached hydrogens (tertiary/aromatic N) is 4. The van der Waals surface area contributed by atoms with E-state index in [4.69, 9.17) is 17.3 Å². The number of nitrogens with one attached hydrogen (secondary N) is 2. The molecule has 0 aliphatic heterocycles. The van der Waals surface area contributed by atoms with Crippen LogP contribution in [-0.4, -0.2) is 30.4 Å². The molecule has 0 radical (unpaired) electrons. The van der Waals surface area contributed by atoms with Crippen LogP contribution in [0.4, 0.5) is 10.2 Å². The SMILES string of the molecule is Nc1ncnc2c1ncn2Cc1cc(Cl)cc2cc(CNC(=O)Cc3ccccc3F)[nH]c12. The van der Waals surface area contributed by atoms with Crippen LogP contribution in [0, 0.1) is 5.82 Å². The molecule has 1 amide bonds. The van der Waals surface area contributed by atoms with Crippen LogP contribution < -0.4 is 11.1 Å². The lowest BCUT2D eigenvalue weighted by Crippen LogP contribution is -2.25. The molecule has 0 spiro atoms. The van der Waals surface area contributed by atoms with Crippen LogP contribution in [-0.2, 0) is 24.3 Å². The second kappa shape index (κ2) is 8.51. The van der Waals surface area contributed by atoms with Gasteiger partial charge in [-0.25, -0.2) is 19.3 Å². The summed E-state index contributed by atoms with van der Waals surface area (Å²) in [5, 5.41) is 4.33. The summed E-state index contributed by atoms with van der Waals surface area (Å²) in [6, 6.07) is 11.9. The van der Waals surface area contributed by atoms with Crippen molar-refractivity contribution in [3.05, 3.63) is 82.8 Å². The zero-order chi connectivity index (χ0) is 22.9. The molecule has 0 saturated carbocycles. The number of halogens is 2. The smallest absolute Gasteiger partial charge is 0.224 e. The molecule has 0 aliphatic carbocycles. The van der Waals surface area contributed by atoms with Gasteiger partial charge >= 0.3 is 0 Å². The van der Waals surface area contributed by atoms with E-state index in [1.165, 1.54) is 12.4 Å². The minimum atomic E-state index is -0.392. The van der Waals surface area contributed by atoms with Crippen molar-refractivity contribution in [2.24, 2.45) is 0 Å². The van der Waals surface area contributed by atoms with Gasteiger partial charge in [-0.05, 0) is 35.4 Å². The molecule has 5 aromatic rings. The summed E-state index contributed by atoms with van der Waals surface area (Å²) in [4.78, 5) is 28.2. The molecule has 166 valence electrons. The Hall–Kier alpha value is -3.98. The maximum Gasteiger partial charge on any atom is 0.224 e. The van der Waals surface area contributed by atoms with Crippen molar-refractivity contribution in [2.45, 2.75) is 19.5 Å². The number of aromatic amines is 1. The molecule has 10 heteroatoms. The number of amides is 1. The lowest BCUT2D eigenvalue weighted by molar-refractivity contribution is -0.120. The molecule has 5 rings (SSSR count). The number of imidazole rings is 1. The third-order valence-electron chi connectivity index (χ3n) is 5.39. The van der Waals surface area contributed by atoms with Gasteiger partial charge in [-0.1, -0.05) is 29.8 Å². The zero-order valence-electron chi connectivity index (χ0n) is 17.3. The molecule has 3 aromatic heterocycles. The fourth-order valence-corrected chi connectivity index (χ4v) is 4.08. The first-order valence-electron chi connectivity index (χ1n) is 10.2. The third kappa shape index (κ3) is 4.22. The van der Waals surface area contributed by atoms with Crippen LogP contribution in [0.2, 0.25) is 5.02 Å². The Labute approximate surface area is 192 Å². The number of nitrogen functional groups attached to an aromatic ring is 1. The Bertz CT molecular complexity index is 1490. The Morgan fingerprint density at radius 2 is 2.00 bits per heavy atom. The van der Waals surface area contributed by atoms with E-state index in [1.807, 2.05) is 22.8 Å². The Morgan fingerprint density at radius 1 is 1.15 bits per heavy atom. The maximum atomic E-state index is 13.8. The van der Waals surface area contributed by atoms with Gasteiger partial charge in [0.05, 0.1) is 31.4 Å². The molecule has 8 nitrogen and oxygen atoms in total. The number of aromatic nitrogens is 5. The number of anilines is 1. The lowest BCUT2D eigenvalue weighted by atomic mass is 10.1. The van der Waals surface area contributed by atoms with Gasteiger partial charge in [0.1, 0.15) is 17.7 Å². The number of carbonyl (C=O) groups is 1. The molecule has 3 heterocycles. The number of benzene rings is 2. The van der Waals surface area contributed by atoms with Crippen LogP contribution in [0.15, 0.2) is 55.1 Å². The fraction of sp³-hybridized carbons (Fsp3) is 0.130. The summed E-state index contributed by atoms with van der Waals surface area (Å²) in [6.07, 6.45) is 3.04. The number of hydrogen-bond acceptors (Lipinski definition) is 5. The number of nitrogens with two attached hydrogens (primary N) is 1. The van der Waals surface area contributed by atoms with Crippen molar-refractivity contribution < 1.29 is 9.18 Å².